The molecule has 0 saturated carbocycles. The molecule has 0 bridgehead atoms. The van der Waals surface area contributed by atoms with Crippen LogP contribution in [0.25, 0.3) is 10.6 Å². The Kier molecular flexibility index (Phi) is 4.00. The molecular formula is C23H15N3O2S. The number of rotatable bonds is 3. The van der Waals surface area contributed by atoms with E-state index in [9.17, 15) is 9.59 Å². The van der Waals surface area contributed by atoms with Gasteiger partial charge in [-0.3, -0.25) is 9.59 Å². The number of aromatic nitrogens is 1. The summed E-state index contributed by atoms with van der Waals surface area (Å²) in [5, 5.41) is 3.88. The van der Waals surface area contributed by atoms with E-state index in [-0.39, 0.29) is 28.5 Å². The Hall–Kier alpha value is -3.77. The van der Waals surface area contributed by atoms with E-state index in [1.807, 2.05) is 60.7 Å². The summed E-state index contributed by atoms with van der Waals surface area (Å²) < 4.78 is 0. The number of nitrogen functional groups attached to an aromatic ring is 1. The van der Waals surface area contributed by atoms with Gasteiger partial charge < -0.3 is 11.1 Å². The van der Waals surface area contributed by atoms with Crippen LogP contribution in [0.1, 0.15) is 31.3 Å². The number of benzene rings is 3. The van der Waals surface area contributed by atoms with Crippen molar-refractivity contribution < 1.29 is 9.59 Å². The van der Waals surface area contributed by atoms with Crippen molar-refractivity contribution >= 4 is 40.0 Å². The minimum absolute atomic E-state index is 0.176. The predicted molar refractivity (Wildman–Crippen MR) is 115 cm³/mol. The molecule has 0 saturated heterocycles. The smallest absolute Gasteiger partial charge is 0.215 e. The zero-order valence-corrected chi connectivity index (χ0v) is 16.0. The molecule has 1 aliphatic rings. The number of carbonyl (C=O) groups is 2. The third kappa shape index (κ3) is 2.81. The second kappa shape index (κ2) is 6.68. The Balaban J connectivity index is 1.65. The normalized spacial score (nSPS) is 12.4. The number of nitrogens with two attached hydrogens (primary N) is 1. The molecule has 0 atom stereocenters. The fraction of sp³-hybridized carbons (Fsp3) is 0. The molecule has 0 aliphatic heterocycles. The molecular weight excluding hydrogens is 382 g/mol. The predicted octanol–water partition coefficient (Wildman–Crippen LogP) is 4.91. The van der Waals surface area contributed by atoms with Crippen molar-refractivity contribution in [1.82, 2.24) is 4.98 Å². The van der Waals surface area contributed by atoms with Crippen molar-refractivity contribution in [1.29, 1.82) is 0 Å². The molecule has 5 rings (SSSR count). The van der Waals surface area contributed by atoms with Gasteiger partial charge in [-0.25, -0.2) is 4.98 Å². The van der Waals surface area contributed by atoms with E-state index in [4.69, 9.17) is 5.73 Å². The minimum atomic E-state index is -0.317. The van der Waals surface area contributed by atoms with Gasteiger partial charge in [-0.15, -0.1) is 11.3 Å². The van der Waals surface area contributed by atoms with Crippen LogP contribution in [0.3, 0.4) is 0 Å². The van der Waals surface area contributed by atoms with Crippen LogP contribution >= 0.6 is 11.3 Å². The average Bonchev–Trinajstić information content (AvgIpc) is 3.21. The Bertz CT molecular complexity index is 1260. The lowest BCUT2D eigenvalue weighted by Crippen LogP contribution is -2.22. The number of carbonyl (C=O) groups excluding carboxylic acids is 2. The number of nitrogens with zero attached hydrogens (tertiary/aromatic N) is 1. The first-order valence-electron chi connectivity index (χ1n) is 9.03. The van der Waals surface area contributed by atoms with Gasteiger partial charge in [0, 0.05) is 16.9 Å². The maximum atomic E-state index is 13.4. The van der Waals surface area contributed by atoms with E-state index in [1.54, 1.807) is 12.1 Å². The van der Waals surface area contributed by atoms with Gasteiger partial charge in [-0.2, -0.15) is 0 Å². The van der Waals surface area contributed by atoms with Crippen LogP contribution in [0.2, 0.25) is 0 Å². The number of hydrogen-bond acceptors (Lipinski definition) is 6. The van der Waals surface area contributed by atoms with Gasteiger partial charge in [-0.05, 0) is 24.3 Å². The molecule has 1 heterocycles. The van der Waals surface area contributed by atoms with Crippen LogP contribution in [-0.2, 0) is 0 Å². The van der Waals surface area contributed by atoms with Crippen molar-refractivity contribution in [2.45, 2.75) is 0 Å². The van der Waals surface area contributed by atoms with Crippen LogP contribution in [0.4, 0.5) is 17.1 Å². The van der Waals surface area contributed by atoms with Gasteiger partial charge in [0.05, 0.1) is 16.8 Å². The van der Waals surface area contributed by atoms with Crippen LogP contribution in [0.5, 0.6) is 0 Å². The standard InChI is InChI=1S/C23H15N3O2S/c24-15-11-12-16(25-14-9-5-2-6-10-14)18-17(15)20(27)19-22(21(18)28)29-23(26-19)13-7-3-1-4-8-13/h1-12,25H,24H2. The second-order valence-electron chi connectivity index (χ2n) is 6.66. The molecule has 3 N–H and O–H groups in total. The van der Waals surface area contributed by atoms with Crippen LogP contribution < -0.4 is 11.1 Å². The number of fused-ring (bicyclic) bond motifs is 2. The lowest BCUT2D eigenvalue weighted by molar-refractivity contribution is 0.0980. The molecule has 1 aromatic heterocycles. The van der Waals surface area contributed by atoms with Crippen LogP contribution in [-0.4, -0.2) is 16.6 Å². The first-order valence-corrected chi connectivity index (χ1v) is 9.85. The summed E-state index contributed by atoms with van der Waals surface area (Å²) in [5.41, 5.74) is 9.32. The molecule has 140 valence electrons. The SMILES string of the molecule is Nc1ccc(Nc2ccccc2)c2c1C(=O)c1nc(-c3ccccc3)sc1C2=O. The number of nitrogens with one attached hydrogen (secondary N) is 1. The van der Waals surface area contributed by atoms with Crippen molar-refractivity contribution in [3.8, 4) is 10.6 Å². The first kappa shape index (κ1) is 17.3. The summed E-state index contributed by atoms with van der Waals surface area (Å²) in [6.45, 7) is 0. The van der Waals surface area contributed by atoms with Gasteiger partial charge in [0.2, 0.25) is 11.6 Å². The quantitative estimate of drug-likeness (QED) is 0.423. The van der Waals surface area contributed by atoms with Gasteiger partial charge in [0.1, 0.15) is 15.6 Å². The van der Waals surface area contributed by atoms with Gasteiger partial charge in [0.15, 0.2) is 0 Å². The summed E-state index contributed by atoms with van der Waals surface area (Å²) in [6.07, 6.45) is 0. The molecule has 0 amide bonds. The van der Waals surface area contributed by atoms with E-state index in [2.05, 4.69) is 10.3 Å². The molecule has 6 heteroatoms. The number of hydrogen-bond donors (Lipinski definition) is 2. The summed E-state index contributed by atoms with van der Waals surface area (Å²) in [4.78, 5) is 31.4. The Labute approximate surface area is 170 Å². The number of thiazole rings is 1. The van der Waals surface area contributed by atoms with E-state index in [0.717, 1.165) is 11.3 Å². The monoisotopic (exact) mass is 397 g/mol. The Morgan fingerprint density at radius 3 is 2.21 bits per heavy atom. The van der Waals surface area contributed by atoms with E-state index in [1.165, 1.54) is 11.3 Å². The van der Waals surface area contributed by atoms with Gasteiger partial charge in [0.25, 0.3) is 0 Å². The number of ketones is 2. The van der Waals surface area contributed by atoms with Crippen LogP contribution in [0.15, 0.2) is 72.8 Å². The largest absolute Gasteiger partial charge is 0.398 e. The van der Waals surface area contributed by atoms with E-state index >= 15 is 0 Å². The fourth-order valence-electron chi connectivity index (χ4n) is 3.44. The third-order valence-electron chi connectivity index (χ3n) is 4.81. The second-order valence-corrected chi connectivity index (χ2v) is 7.66. The fourth-order valence-corrected chi connectivity index (χ4v) is 4.46. The molecule has 0 radical (unpaired) electrons. The molecule has 5 nitrogen and oxygen atoms in total. The Morgan fingerprint density at radius 1 is 0.793 bits per heavy atom. The summed E-state index contributed by atoms with van der Waals surface area (Å²) in [5.74, 6) is -0.553. The van der Waals surface area contributed by atoms with Crippen molar-refractivity contribution in [2.75, 3.05) is 11.1 Å². The van der Waals surface area contributed by atoms with Gasteiger partial charge >= 0.3 is 0 Å². The lowest BCUT2D eigenvalue weighted by Gasteiger charge is -2.19. The topological polar surface area (TPSA) is 85.1 Å². The summed E-state index contributed by atoms with van der Waals surface area (Å²) in [7, 11) is 0. The molecule has 3 aromatic carbocycles. The van der Waals surface area contributed by atoms with Crippen molar-refractivity contribution in [2.24, 2.45) is 0 Å². The highest BCUT2D eigenvalue weighted by atomic mass is 32.1. The highest BCUT2D eigenvalue weighted by Crippen LogP contribution is 2.40. The maximum absolute atomic E-state index is 13.4. The van der Waals surface area contributed by atoms with Crippen molar-refractivity contribution in [3.63, 3.8) is 0 Å². The molecule has 0 spiro atoms. The van der Waals surface area contributed by atoms with E-state index in [0.29, 0.717) is 21.1 Å². The number of anilines is 3. The molecule has 0 fully saturated rings. The van der Waals surface area contributed by atoms with E-state index < -0.39 is 0 Å². The lowest BCUT2D eigenvalue weighted by atomic mass is 9.88. The van der Waals surface area contributed by atoms with Crippen LogP contribution in [0, 0.1) is 0 Å². The van der Waals surface area contributed by atoms with Crippen molar-refractivity contribution in [3.05, 3.63) is 94.5 Å². The first-order chi connectivity index (χ1) is 14.1. The summed E-state index contributed by atoms with van der Waals surface area (Å²) in [6, 6.07) is 22.4. The highest BCUT2D eigenvalue weighted by molar-refractivity contribution is 7.17. The molecule has 29 heavy (non-hydrogen) atoms. The summed E-state index contributed by atoms with van der Waals surface area (Å²) >= 11 is 1.23. The minimum Gasteiger partial charge on any atom is -0.398 e. The maximum Gasteiger partial charge on any atom is 0.215 e. The molecule has 1 aliphatic carbocycles. The molecule has 0 unspecified atom stereocenters. The zero-order chi connectivity index (χ0) is 20.0. The molecule has 4 aromatic rings. The Morgan fingerprint density at radius 2 is 1.48 bits per heavy atom. The average molecular weight is 397 g/mol. The van der Waals surface area contributed by atoms with Gasteiger partial charge in [-0.1, -0.05) is 48.5 Å². The highest BCUT2D eigenvalue weighted by Gasteiger charge is 2.37. The zero-order valence-electron chi connectivity index (χ0n) is 15.2. The number of para-hydroxylation sites is 1. The third-order valence-corrected chi connectivity index (χ3v) is 5.92.